The molecule has 0 bridgehead atoms. The van der Waals surface area contributed by atoms with Gasteiger partial charge < -0.3 is 19.9 Å². The highest BCUT2D eigenvalue weighted by molar-refractivity contribution is 6.12. The second-order valence-electron chi connectivity index (χ2n) is 8.40. The van der Waals surface area contributed by atoms with E-state index < -0.39 is 28.8 Å². The van der Waals surface area contributed by atoms with Gasteiger partial charge in [-0.2, -0.15) is 0 Å². The number of amides is 1. The van der Waals surface area contributed by atoms with Crippen molar-refractivity contribution in [2.45, 2.75) is 37.9 Å². The van der Waals surface area contributed by atoms with Crippen LogP contribution in [0.1, 0.15) is 40.4 Å². The maximum absolute atomic E-state index is 15.4. The molecule has 3 heterocycles. The minimum Gasteiger partial charge on any atom is -0.477 e. The van der Waals surface area contributed by atoms with Gasteiger partial charge in [0.1, 0.15) is 23.1 Å². The minimum atomic E-state index is -1.35. The van der Waals surface area contributed by atoms with Gasteiger partial charge in [0.2, 0.25) is 11.3 Å². The van der Waals surface area contributed by atoms with Crippen molar-refractivity contribution in [1.82, 2.24) is 4.57 Å². The second kappa shape index (κ2) is 6.16. The number of aromatic carboxylic acids is 1. The molecular formula is C23H18FN3O4. The lowest BCUT2D eigenvalue weighted by atomic mass is 9.90. The molecule has 2 N–H and O–H groups in total. The Morgan fingerprint density at radius 3 is 2.61 bits per heavy atom. The van der Waals surface area contributed by atoms with E-state index in [1.165, 1.54) is 6.20 Å². The van der Waals surface area contributed by atoms with Crippen LogP contribution in [0.15, 0.2) is 41.3 Å². The molecule has 7 nitrogen and oxygen atoms in total. The summed E-state index contributed by atoms with van der Waals surface area (Å²) in [7, 11) is 0. The van der Waals surface area contributed by atoms with Crippen LogP contribution in [0.25, 0.3) is 10.9 Å². The standard InChI is InChI=1S/C23H18FN3O4/c24-16-8-14-19(26(13-5-6-13)10-15(21(14)28)23(30)31)18-20(16)27-9-12-4-2-1-3-11(12)7-17(27)22(29)25-18/h1-4,8,10,13,17H,5-7,9H2,(H,25,29)(H,30,31)/t17-/m0/s1. The second-order valence-corrected chi connectivity index (χ2v) is 8.40. The molecule has 0 spiro atoms. The van der Waals surface area contributed by atoms with Crippen LogP contribution in [-0.2, 0) is 17.8 Å². The van der Waals surface area contributed by atoms with Crippen LogP contribution in [0.5, 0.6) is 0 Å². The van der Waals surface area contributed by atoms with Gasteiger partial charge in [0, 0.05) is 25.2 Å². The van der Waals surface area contributed by atoms with E-state index in [0.717, 1.165) is 30.0 Å². The molecule has 0 saturated heterocycles. The van der Waals surface area contributed by atoms with Crippen LogP contribution in [-0.4, -0.2) is 27.6 Å². The van der Waals surface area contributed by atoms with Gasteiger partial charge in [-0.05, 0) is 30.0 Å². The van der Waals surface area contributed by atoms with Crippen LogP contribution in [0, 0.1) is 5.82 Å². The molecule has 31 heavy (non-hydrogen) atoms. The van der Waals surface area contributed by atoms with E-state index in [1.54, 1.807) is 9.47 Å². The lowest BCUT2D eigenvalue weighted by Crippen LogP contribution is -2.51. The van der Waals surface area contributed by atoms with Crippen molar-refractivity contribution in [3.8, 4) is 0 Å². The molecule has 1 aromatic heterocycles. The molecule has 3 aromatic rings. The maximum atomic E-state index is 15.4. The molecule has 1 amide bonds. The summed E-state index contributed by atoms with van der Waals surface area (Å²) in [6.07, 6.45) is 3.45. The first kappa shape index (κ1) is 18.1. The third kappa shape index (κ3) is 2.54. The lowest BCUT2D eigenvalue weighted by molar-refractivity contribution is -0.117. The van der Waals surface area contributed by atoms with Gasteiger partial charge in [-0.25, -0.2) is 9.18 Å². The minimum absolute atomic E-state index is 0.0208. The molecule has 3 aliphatic rings. The zero-order chi connectivity index (χ0) is 21.4. The fourth-order valence-electron chi connectivity index (χ4n) is 4.87. The number of carboxylic acid groups (broad SMARTS) is 1. The highest BCUT2D eigenvalue weighted by Gasteiger charge is 2.40. The summed E-state index contributed by atoms with van der Waals surface area (Å²) >= 11 is 0. The number of carboxylic acids is 1. The SMILES string of the molecule is O=C(O)c1cn(C2CC2)c2c3c(c(F)cc2c1=O)N1Cc2ccccc2C[C@H]1C(=O)N3. The zero-order valence-corrected chi connectivity index (χ0v) is 16.4. The van der Waals surface area contributed by atoms with Crippen molar-refractivity contribution in [2.75, 3.05) is 10.2 Å². The first-order valence-electron chi connectivity index (χ1n) is 10.2. The summed E-state index contributed by atoms with van der Waals surface area (Å²) in [5.74, 6) is -2.25. The number of nitrogens with zero attached hydrogens (tertiary/aromatic N) is 2. The lowest BCUT2D eigenvalue weighted by Gasteiger charge is -2.42. The molecular weight excluding hydrogens is 401 g/mol. The Hall–Kier alpha value is -3.68. The maximum Gasteiger partial charge on any atom is 0.341 e. The number of fused-ring (bicyclic) bond motifs is 6. The van der Waals surface area contributed by atoms with E-state index in [0.29, 0.717) is 18.5 Å². The fraction of sp³-hybridized carbons (Fsp3) is 0.261. The van der Waals surface area contributed by atoms with E-state index >= 15 is 4.39 Å². The molecule has 6 rings (SSSR count). The highest BCUT2D eigenvalue weighted by atomic mass is 19.1. The number of hydrogen-bond acceptors (Lipinski definition) is 4. The monoisotopic (exact) mass is 419 g/mol. The molecule has 2 aromatic carbocycles. The van der Waals surface area contributed by atoms with Gasteiger partial charge in [0.05, 0.1) is 16.6 Å². The normalized spacial score (nSPS) is 19.5. The van der Waals surface area contributed by atoms with E-state index in [1.807, 2.05) is 24.3 Å². The highest BCUT2D eigenvalue weighted by Crippen LogP contribution is 2.46. The molecule has 1 fully saturated rings. The van der Waals surface area contributed by atoms with Gasteiger partial charge in [-0.3, -0.25) is 9.59 Å². The van der Waals surface area contributed by atoms with Gasteiger partial charge >= 0.3 is 5.97 Å². The topological polar surface area (TPSA) is 91.6 Å². The van der Waals surface area contributed by atoms with Crippen LogP contribution in [0.4, 0.5) is 15.8 Å². The molecule has 1 aliphatic carbocycles. The summed E-state index contributed by atoms with van der Waals surface area (Å²) in [5, 5.41) is 12.3. The third-order valence-electron chi connectivity index (χ3n) is 6.50. The van der Waals surface area contributed by atoms with Crippen molar-refractivity contribution in [3.63, 3.8) is 0 Å². The molecule has 1 saturated carbocycles. The van der Waals surface area contributed by atoms with Gasteiger partial charge in [0.15, 0.2) is 0 Å². The average Bonchev–Trinajstić information content (AvgIpc) is 3.58. The fourth-order valence-corrected chi connectivity index (χ4v) is 4.87. The molecule has 1 atom stereocenters. The predicted octanol–water partition coefficient (Wildman–Crippen LogP) is 3.06. The van der Waals surface area contributed by atoms with Crippen molar-refractivity contribution in [3.05, 3.63) is 69.3 Å². The number of carbonyl (C=O) groups is 2. The van der Waals surface area contributed by atoms with Crippen LogP contribution >= 0.6 is 0 Å². The number of aromatic nitrogens is 1. The number of anilines is 2. The van der Waals surface area contributed by atoms with Crippen LogP contribution in [0.3, 0.4) is 0 Å². The van der Waals surface area contributed by atoms with Crippen molar-refractivity contribution >= 4 is 34.2 Å². The first-order valence-corrected chi connectivity index (χ1v) is 10.2. The van der Waals surface area contributed by atoms with Crippen LogP contribution in [0.2, 0.25) is 0 Å². The largest absolute Gasteiger partial charge is 0.477 e. The number of pyridine rings is 1. The summed E-state index contributed by atoms with van der Waals surface area (Å²) in [4.78, 5) is 39.3. The molecule has 156 valence electrons. The molecule has 0 unspecified atom stereocenters. The van der Waals surface area contributed by atoms with Gasteiger partial charge in [-0.1, -0.05) is 24.3 Å². The van der Waals surface area contributed by atoms with Gasteiger partial charge in [-0.15, -0.1) is 0 Å². The zero-order valence-electron chi connectivity index (χ0n) is 16.4. The quantitative estimate of drug-likeness (QED) is 0.666. The summed E-state index contributed by atoms with van der Waals surface area (Å²) in [6, 6.07) is 8.38. The van der Waals surface area contributed by atoms with E-state index in [4.69, 9.17) is 0 Å². The number of halogens is 1. The van der Waals surface area contributed by atoms with Crippen LogP contribution < -0.4 is 15.6 Å². The predicted molar refractivity (Wildman–Crippen MR) is 112 cm³/mol. The third-order valence-corrected chi connectivity index (χ3v) is 6.50. The molecule has 8 heteroatoms. The summed E-state index contributed by atoms with van der Waals surface area (Å²) in [5.41, 5.74) is 1.83. The van der Waals surface area contributed by atoms with E-state index in [-0.39, 0.29) is 28.7 Å². The number of carbonyl (C=O) groups excluding carboxylic acids is 1. The Kier molecular flexibility index (Phi) is 3.60. The van der Waals surface area contributed by atoms with E-state index in [2.05, 4.69) is 5.32 Å². The number of rotatable bonds is 2. The average molecular weight is 419 g/mol. The Labute approximate surface area is 175 Å². The van der Waals surface area contributed by atoms with Crippen molar-refractivity contribution in [1.29, 1.82) is 0 Å². The van der Waals surface area contributed by atoms with Crippen molar-refractivity contribution < 1.29 is 19.1 Å². The Morgan fingerprint density at radius 1 is 1.16 bits per heavy atom. The number of benzene rings is 2. The van der Waals surface area contributed by atoms with E-state index in [9.17, 15) is 19.5 Å². The number of hydrogen-bond donors (Lipinski definition) is 2. The Morgan fingerprint density at radius 2 is 1.90 bits per heavy atom. The Bertz CT molecular complexity index is 1380. The summed E-state index contributed by atoms with van der Waals surface area (Å²) in [6.45, 7) is 0.380. The smallest absolute Gasteiger partial charge is 0.341 e. The molecule has 2 aliphatic heterocycles. The first-order chi connectivity index (χ1) is 14.9. The number of nitrogens with one attached hydrogen (secondary N) is 1. The van der Waals surface area contributed by atoms with Gasteiger partial charge in [0.25, 0.3) is 0 Å². The summed E-state index contributed by atoms with van der Waals surface area (Å²) < 4.78 is 17.2. The van der Waals surface area contributed by atoms with Crippen molar-refractivity contribution in [2.24, 2.45) is 0 Å². The molecule has 0 radical (unpaired) electrons. The Balaban J connectivity index is 1.65.